The number of anilines is 2. The Morgan fingerprint density at radius 2 is 2.04 bits per heavy atom. The normalized spacial score (nSPS) is 13.8. The van der Waals surface area contributed by atoms with E-state index in [0.717, 1.165) is 53.4 Å². The zero-order chi connectivity index (χ0) is 19.4. The Bertz CT molecular complexity index is 829. The Hall–Kier alpha value is -2.60. The topological polar surface area (TPSA) is 76.8 Å². The third-order valence-electron chi connectivity index (χ3n) is 5.00. The van der Waals surface area contributed by atoms with Crippen molar-refractivity contribution in [3.63, 3.8) is 0 Å². The molecular weight excluding hydrogens is 378 g/mol. The molecule has 152 valence electrons. The van der Waals surface area contributed by atoms with Crippen LogP contribution in [0.2, 0.25) is 0 Å². The van der Waals surface area contributed by atoms with E-state index in [1.165, 1.54) is 0 Å². The van der Waals surface area contributed by atoms with Gasteiger partial charge in [-0.3, -0.25) is 4.79 Å². The number of nitrogens with two attached hydrogens (primary N) is 1. The summed E-state index contributed by atoms with van der Waals surface area (Å²) in [5, 5.41) is 3.07. The zero-order valence-electron chi connectivity index (χ0n) is 16.5. The van der Waals surface area contributed by atoms with Crippen LogP contribution in [0, 0.1) is 0 Å². The Morgan fingerprint density at radius 1 is 1.25 bits per heavy atom. The molecule has 0 bridgehead atoms. The number of carbonyl (C=O) groups is 1. The molecule has 0 aromatic heterocycles. The molecule has 3 N–H and O–H groups in total. The van der Waals surface area contributed by atoms with Crippen LogP contribution >= 0.6 is 12.4 Å². The van der Waals surface area contributed by atoms with Crippen molar-refractivity contribution in [1.29, 1.82) is 0 Å². The summed E-state index contributed by atoms with van der Waals surface area (Å²) in [6.07, 6.45) is 1.95. The summed E-state index contributed by atoms with van der Waals surface area (Å²) in [5.74, 6) is 1.41. The van der Waals surface area contributed by atoms with Gasteiger partial charge in [0.15, 0.2) is 0 Å². The van der Waals surface area contributed by atoms with E-state index in [1.807, 2.05) is 43.3 Å². The van der Waals surface area contributed by atoms with Crippen molar-refractivity contribution in [3.05, 3.63) is 47.5 Å². The van der Waals surface area contributed by atoms with Gasteiger partial charge in [0.25, 0.3) is 0 Å². The molecule has 6 nitrogen and oxygen atoms in total. The van der Waals surface area contributed by atoms with Gasteiger partial charge in [0, 0.05) is 23.5 Å². The van der Waals surface area contributed by atoms with Crippen LogP contribution in [0.15, 0.2) is 36.4 Å². The molecule has 1 atom stereocenters. The first-order valence-corrected chi connectivity index (χ1v) is 9.17. The minimum atomic E-state index is -0.201. The number of fused-ring (bicyclic) bond motifs is 1. The number of nitrogen functional groups attached to an aromatic ring is 1. The van der Waals surface area contributed by atoms with E-state index in [0.29, 0.717) is 6.54 Å². The average Bonchev–Trinajstić information content (AvgIpc) is 2.68. The summed E-state index contributed by atoms with van der Waals surface area (Å²) >= 11 is 0. The molecule has 1 amide bonds. The van der Waals surface area contributed by atoms with Crippen molar-refractivity contribution in [2.24, 2.45) is 0 Å². The van der Waals surface area contributed by atoms with Crippen molar-refractivity contribution in [3.8, 4) is 11.5 Å². The Kier molecular flexibility index (Phi) is 7.40. The molecule has 0 spiro atoms. The third kappa shape index (κ3) is 4.62. The van der Waals surface area contributed by atoms with Crippen LogP contribution < -0.4 is 25.4 Å². The smallest absolute Gasteiger partial charge is 0.239 e. The largest absolute Gasteiger partial charge is 0.497 e. The number of ether oxygens (including phenoxy) is 2. The van der Waals surface area contributed by atoms with Crippen LogP contribution in [0.3, 0.4) is 0 Å². The van der Waals surface area contributed by atoms with Gasteiger partial charge in [-0.15, -0.1) is 12.4 Å². The molecule has 0 aliphatic carbocycles. The summed E-state index contributed by atoms with van der Waals surface area (Å²) in [6, 6.07) is 11.3. The molecule has 28 heavy (non-hydrogen) atoms. The van der Waals surface area contributed by atoms with Crippen molar-refractivity contribution in [2.75, 3.05) is 37.9 Å². The van der Waals surface area contributed by atoms with Gasteiger partial charge in [-0.05, 0) is 55.7 Å². The van der Waals surface area contributed by atoms with Crippen LogP contribution in [0.5, 0.6) is 11.5 Å². The SMILES string of the molecule is COc1ccc(OC)c(C(C)NC(=O)CN2CCCc3c(N)cccc32)c1.Cl. The maximum Gasteiger partial charge on any atom is 0.239 e. The fourth-order valence-corrected chi connectivity index (χ4v) is 3.61. The number of halogens is 1. The number of hydrogen-bond donors (Lipinski definition) is 2. The van der Waals surface area contributed by atoms with E-state index in [4.69, 9.17) is 15.2 Å². The first-order chi connectivity index (χ1) is 13.0. The van der Waals surface area contributed by atoms with Gasteiger partial charge >= 0.3 is 0 Å². The Labute approximate surface area is 172 Å². The van der Waals surface area contributed by atoms with E-state index in [1.54, 1.807) is 14.2 Å². The molecule has 0 fully saturated rings. The maximum absolute atomic E-state index is 12.7. The number of carbonyl (C=O) groups excluding carboxylic acids is 1. The molecule has 1 heterocycles. The fraction of sp³-hybridized carbons (Fsp3) is 0.381. The van der Waals surface area contributed by atoms with Gasteiger partial charge in [0.1, 0.15) is 11.5 Å². The molecular formula is C21H28ClN3O3. The van der Waals surface area contributed by atoms with E-state index in [9.17, 15) is 4.79 Å². The summed E-state index contributed by atoms with van der Waals surface area (Å²) in [5.41, 5.74) is 9.97. The first-order valence-electron chi connectivity index (χ1n) is 9.17. The minimum absolute atomic E-state index is 0. The van der Waals surface area contributed by atoms with E-state index < -0.39 is 0 Å². The van der Waals surface area contributed by atoms with Crippen LogP contribution in [-0.4, -0.2) is 33.2 Å². The number of nitrogens with zero attached hydrogens (tertiary/aromatic N) is 1. The Morgan fingerprint density at radius 3 is 2.75 bits per heavy atom. The van der Waals surface area contributed by atoms with Gasteiger partial charge < -0.3 is 25.4 Å². The molecule has 7 heteroatoms. The van der Waals surface area contributed by atoms with Crippen LogP contribution in [-0.2, 0) is 11.2 Å². The quantitative estimate of drug-likeness (QED) is 0.721. The van der Waals surface area contributed by atoms with Gasteiger partial charge in [-0.2, -0.15) is 0 Å². The molecule has 0 radical (unpaired) electrons. The predicted molar refractivity (Wildman–Crippen MR) is 115 cm³/mol. The molecule has 3 rings (SSSR count). The highest BCUT2D eigenvalue weighted by molar-refractivity contribution is 5.85. The highest BCUT2D eigenvalue weighted by Crippen LogP contribution is 2.32. The molecule has 1 unspecified atom stereocenters. The third-order valence-corrected chi connectivity index (χ3v) is 5.00. The van der Waals surface area contributed by atoms with Crippen molar-refractivity contribution < 1.29 is 14.3 Å². The van der Waals surface area contributed by atoms with Gasteiger partial charge in [0.05, 0.1) is 26.8 Å². The zero-order valence-corrected chi connectivity index (χ0v) is 17.3. The number of amides is 1. The standard InChI is InChI=1S/C21H27N3O3.ClH/c1-14(17-12-15(26-2)9-10-20(17)27-3)23-21(25)13-24-11-5-6-16-18(22)7-4-8-19(16)24;/h4,7-10,12,14H,5-6,11,13,22H2,1-3H3,(H,23,25);1H. The lowest BCUT2D eigenvalue weighted by molar-refractivity contribution is -0.120. The fourth-order valence-electron chi connectivity index (χ4n) is 3.61. The lowest BCUT2D eigenvalue weighted by Crippen LogP contribution is -2.40. The lowest BCUT2D eigenvalue weighted by Gasteiger charge is -2.32. The molecule has 2 aromatic rings. The van der Waals surface area contributed by atoms with E-state index in [-0.39, 0.29) is 24.4 Å². The second-order valence-electron chi connectivity index (χ2n) is 6.77. The number of methoxy groups -OCH3 is 2. The summed E-state index contributed by atoms with van der Waals surface area (Å²) in [6.45, 7) is 3.09. The number of hydrogen-bond acceptors (Lipinski definition) is 5. The molecule has 2 aromatic carbocycles. The maximum atomic E-state index is 12.7. The van der Waals surface area contributed by atoms with Crippen LogP contribution in [0.4, 0.5) is 11.4 Å². The highest BCUT2D eigenvalue weighted by Gasteiger charge is 2.22. The molecule has 0 saturated heterocycles. The molecule has 1 aliphatic heterocycles. The first kappa shape index (κ1) is 21.7. The van der Waals surface area contributed by atoms with Crippen molar-refractivity contribution in [2.45, 2.75) is 25.8 Å². The van der Waals surface area contributed by atoms with Crippen LogP contribution in [0.25, 0.3) is 0 Å². The molecule has 1 aliphatic rings. The second-order valence-corrected chi connectivity index (χ2v) is 6.77. The summed E-state index contributed by atoms with van der Waals surface area (Å²) in [7, 11) is 3.24. The average molecular weight is 406 g/mol. The van der Waals surface area contributed by atoms with Gasteiger partial charge in [-0.1, -0.05) is 6.07 Å². The molecule has 0 saturated carbocycles. The summed E-state index contributed by atoms with van der Waals surface area (Å²) < 4.78 is 10.7. The van der Waals surface area contributed by atoms with E-state index in [2.05, 4.69) is 10.2 Å². The van der Waals surface area contributed by atoms with Gasteiger partial charge in [0.2, 0.25) is 5.91 Å². The monoisotopic (exact) mass is 405 g/mol. The summed E-state index contributed by atoms with van der Waals surface area (Å²) in [4.78, 5) is 14.8. The number of benzene rings is 2. The van der Waals surface area contributed by atoms with E-state index >= 15 is 0 Å². The Balaban J connectivity index is 0.00000280. The van der Waals surface area contributed by atoms with Crippen molar-refractivity contribution in [1.82, 2.24) is 5.32 Å². The number of rotatable bonds is 6. The number of nitrogens with one attached hydrogen (secondary N) is 1. The second kappa shape index (κ2) is 9.55. The van der Waals surface area contributed by atoms with Gasteiger partial charge in [-0.25, -0.2) is 0 Å². The highest BCUT2D eigenvalue weighted by atomic mass is 35.5. The van der Waals surface area contributed by atoms with Crippen LogP contribution in [0.1, 0.15) is 30.5 Å². The lowest BCUT2D eigenvalue weighted by atomic mass is 10.00. The van der Waals surface area contributed by atoms with Crippen molar-refractivity contribution >= 4 is 29.7 Å². The predicted octanol–water partition coefficient (Wildman–Crippen LogP) is 3.34. The minimum Gasteiger partial charge on any atom is -0.497 e.